The van der Waals surface area contributed by atoms with Crippen molar-refractivity contribution in [3.05, 3.63) is 47.5 Å². The van der Waals surface area contributed by atoms with E-state index in [1.165, 1.54) is 5.56 Å². The molecule has 1 nitrogen and oxygen atoms in total. The van der Waals surface area contributed by atoms with E-state index >= 15 is 0 Å². The van der Waals surface area contributed by atoms with Crippen molar-refractivity contribution in [3.63, 3.8) is 0 Å². The first kappa shape index (κ1) is 13.4. The van der Waals surface area contributed by atoms with Crippen molar-refractivity contribution < 1.29 is 5.11 Å². The second-order valence-corrected chi connectivity index (χ2v) is 5.83. The van der Waals surface area contributed by atoms with Crippen molar-refractivity contribution in [2.45, 2.75) is 45.6 Å². The standard InChI is InChI=1S/C17H24O/c1-13(2)11-14-7-6-10-16(12-14)17(18)15-8-4-3-5-9-15/h3-4,6-7,10,12-13,15,17-18H,5,8-9,11H2,1-2H3. The fraction of sp³-hybridized carbons (Fsp3) is 0.529. The Morgan fingerprint density at radius 3 is 2.78 bits per heavy atom. The van der Waals surface area contributed by atoms with Gasteiger partial charge in [0.1, 0.15) is 0 Å². The molecule has 1 N–H and O–H groups in total. The van der Waals surface area contributed by atoms with Gasteiger partial charge in [-0.2, -0.15) is 0 Å². The molecule has 1 aromatic carbocycles. The van der Waals surface area contributed by atoms with Crippen LogP contribution in [0.3, 0.4) is 0 Å². The molecular weight excluding hydrogens is 220 g/mol. The Morgan fingerprint density at radius 1 is 1.28 bits per heavy atom. The fourth-order valence-electron chi connectivity index (χ4n) is 2.75. The minimum Gasteiger partial charge on any atom is -0.388 e. The Balaban J connectivity index is 2.09. The van der Waals surface area contributed by atoms with Crippen LogP contribution in [0.4, 0.5) is 0 Å². The molecule has 0 radical (unpaired) electrons. The molecule has 1 aliphatic carbocycles. The topological polar surface area (TPSA) is 20.2 Å². The molecule has 0 spiro atoms. The lowest BCUT2D eigenvalue weighted by Crippen LogP contribution is -2.14. The Hall–Kier alpha value is -1.08. The van der Waals surface area contributed by atoms with E-state index in [0.717, 1.165) is 31.2 Å². The summed E-state index contributed by atoms with van der Waals surface area (Å²) in [6.45, 7) is 4.46. The summed E-state index contributed by atoms with van der Waals surface area (Å²) in [7, 11) is 0. The van der Waals surface area contributed by atoms with Gasteiger partial charge >= 0.3 is 0 Å². The zero-order chi connectivity index (χ0) is 13.0. The minimum absolute atomic E-state index is 0.304. The lowest BCUT2D eigenvalue weighted by Gasteiger charge is -2.24. The van der Waals surface area contributed by atoms with Crippen molar-refractivity contribution in [1.82, 2.24) is 0 Å². The zero-order valence-corrected chi connectivity index (χ0v) is 11.5. The maximum Gasteiger partial charge on any atom is 0.0821 e. The molecule has 0 fully saturated rings. The van der Waals surface area contributed by atoms with E-state index in [2.05, 4.69) is 50.3 Å². The van der Waals surface area contributed by atoms with Crippen LogP contribution in [0.25, 0.3) is 0 Å². The third-order valence-corrected chi connectivity index (χ3v) is 3.69. The number of hydrogen-bond acceptors (Lipinski definition) is 1. The van der Waals surface area contributed by atoms with Crippen LogP contribution in [0.1, 0.15) is 50.3 Å². The summed E-state index contributed by atoms with van der Waals surface area (Å²) in [5.74, 6) is 1.05. The largest absolute Gasteiger partial charge is 0.388 e. The molecule has 2 unspecified atom stereocenters. The maximum absolute atomic E-state index is 10.5. The molecule has 2 atom stereocenters. The normalized spacial score (nSPS) is 21.2. The Morgan fingerprint density at radius 2 is 2.11 bits per heavy atom. The van der Waals surface area contributed by atoms with Gasteiger partial charge in [-0.05, 0) is 48.6 Å². The third-order valence-electron chi connectivity index (χ3n) is 3.69. The average Bonchev–Trinajstić information content (AvgIpc) is 2.38. The van der Waals surface area contributed by atoms with Crippen LogP contribution < -0.4 is 0 Å². The van der Waals surface area contributed by atoms with Crippen molar-refractivity contribution in [2.24, 2.45) is 11.8 Å². The fourth-order valence-corrected chi connectivity index (χ4v) is 2.75. The van der Waals surface area contributed by atoms with Crippen LogP contribution >= 0.6 is 0 Å². The highest BCUT2D eigenvalue weighted by molar-refractivity contribution is 5.26. The number of aliphatic hydroxyl groups excluding tert-OH is 1. The van der Waals surface area contributed by atoms with Crippen molar-refractivity contribution in [2.75, 3.05) is 0 Å². The predicted molar refractivity (Wildman–Crippen MR) is 76.4 cm³/mol. The minimum atomic E-state index is -0.304. The van der Waals surface area contributed by atoms with Gasteiger partial charge in [0.2, 0.25) is 0 Å². The molecule has 1 aromatic rings. The SMILES string of the molecule is CC(C)Cc1cccc(C(O)C2CC=CCC2)c1. The van der Waals surface area contributed by atoms with E-state index in [9.17, 15) is 5.11 Å². The van der Waals surface area contributed by atoms with Gasteiger partial charge in [0.15, 0.2) is 0 Å². The molecule has 0 bridgehead atoms. The third kappa shape index (κ3) is 3.46. The zero-order valence-electron chi connectivity index (χ0n) is 11.5. The van der Waals surface area contributed by atoms with Crippen LogP contribution in [0.5, 0.6) is 0 Å². The van der Waals surface area contributed by atoms with Crippen LogP contribution in [0.2, 0.25) is 0 Å². The van der Waals surface area contributed by atoms with Crippen molar-refractivity contribution in [3.8, 4) is 0 Å². The summed E-state index contributed by atoms with van der Waals surface area (Å²) in [5.41, 5.74) is 2.43. The molecule has 0 heterocycles. The molecule has 18 heavy (non-hydrogen) atoms. The summed E-state index contributed by atoms with van der Waals surface area (Å²) in [5, 5.41) is 10.5. The van der Waals surface area contributed by atoms with Gasteiger partial charge in [0, 0.05) is 0 Å². The smallest absolute Gasteiger partial charge is 0.0821 e. The van der Waals surface area contributed by atoms with Crippen LogP contribution in [-0.4, -0.2) is 5.11 Å². The van der Waals surface area contributed by atoms with Crippen LogP contribution in [0.15, 0.2) is 36.4 Å². The molecule has 1 heteroatoms. The highest BCUT2D eigenvalue weighted by Gasteiger charge is 2.21. The van der Waals surface area contributed by atoms with E-state index in [1.807, 2.05) is 0 Å². The first-order valence-corrected chi connectivity index (χ1v) is 7.08. The van der Waals surface area contributed by atoms with Crippen LogP contribution in [0, 0.1) is 11.8 Å². The van der Waals surface area contributed by atoms with Gasteiger partial charge in [-0.25, -0.2) is 0 Å². The Kier molecular flexibility index (Phi) is 4.60. The van der Waals surface area contributed by atoms with Crippen molar-refractivity contribution in [1.29, 1.82) is 0 Å². The number of hydrogen-bond donors (Lipinski definition) is 1. The number of allylic oxidation sites excluding steroid dienone is 2. The lowest BCUT2D eigenvalue weighted by atomic mass is 9.85. The molecule has 0 amide bonds. The summed E-state index contributed by atoms with van der Waals surface area (Å²) in [4.78, 5) is 0. The second kappa shape index (κ2) is 6.19. The maximum atomic E-state index is 10.5. The molecule has 2 rings (SSSR count). The monoisotopic (exact) mass is 244 g/mol. The predicted octanol–water partition coefficient (Wildman–Crippen LogP) is 4.27. The number of benzene rings is 1. The first-order valence-electron chi connectivity index (χ1n) is 7.08. The number of rotatable bonds is 4. The quantitative estimate of drug-likeness (QED) is 0.784. The highest BCUT2D eigenvalue weighted by Crippen LogP contribution is 2.32. The molecular formula is C17H24O. The van der Waals surface area contributed by atoms with Gasteiger partial charge in [-0.15, -0.1) is 0 Å². The van der Waals surface area contributed by atoms with Gasteiger partial charge in [-0.1, -0.05) is 50.3 Å². The second-order valence-electron chi connectivity index (χ2n) is 5.83. The van der Waals surface area contributed by atoms with E-state index in [1.54, 1.807) is 0 Å². The van der Waals surface area contributed by atoms with Gasteiger partial charge in [-0.3, -0.25) is 0 Å². The highest BCUT2D eigenvalue weighted by atomic mass is 16.3. The molecule has 0 aromatic heterocycles. The summed E-state index contributed by atoms with van der Waals surface area (Å²) < 4.78 is 0. The van der Waals surface area contributed by atoms with Gasteiger partial charge in [0.25, 0.3) is 0 Å². The van der Waals surface area contributed by atoms with E-state index < -0.39 is 0 Å². The van der Waals surface area contributed by atoms with E-state index in [-0.39, 0.29) is 6.10 Å². The molecule has 98 valence electrons. The molecule has 1 aliphatic rings. The first-order chi connectivity index (χ1) is 8.66. The van der Waals surface area contributed by atoms with E-state index in [0.29, 0.717) is 11.8 Å². The number of aliphatic hydroxyl groups is 1. The molecule has 0 saturated carbocycles. The van der Waals surface area contributed by atoms with Crippen molar-refractivity contribution >= 4 is 0 Å². The Labute approximate surface area is 111 Å². The summed E-state index contributed by atoms with van der Waals surface area (Å²) in [6, 6.07) is 8.49. The average molecular weight is 244 g/mol. The van der Waals surface area contributed by atoms with Crippen LogP contribution in [-0.2, 0) is 6.42 Å². The summed E-state index contributed by atoms with van der Waals surface area (Å²) in [6.07, 6.45) is 8.43. The summed E-state index contributed by atoms with van der Waals surface area (Å²) >= 11 is 0. The Bertz CT molecular complexity index is 406. The lowest BCUT2D eigenvalue weighted by molar-refractivity contribution is 0.102. The van der Waals surface area contributed by atoms with Gasteiger partial charge in [0.05, 0.1) is 6.10 Å². The molecule has 0 saturated heterocycles. The molecule has 0 aliphatic heterocycles. The van der Waals surface area contributed by atoms with E-state index in [4.69, 9.17) is 0 Å². The van der Waals surface area contributed by atoms with Gasteiger partial charge < -0.3 is 5.11 Å².